The maximum Gasteiger partial charge on any atom is 0.258 e. The van der Waals surface area contributed by atoms with Gasteiger partial charge < -0.3 is 14.8 Å². The van der Waals surface area contributed by atoms with Crippen LogP contribution in [0.25, 0.3) is 0 Å². The van der Waals surface area contributed by atoms with Crippen LogP contribution in [0.4, 0.5) is 0 Å². The fraction of sp³-hybridized carbons (Fsp3) is 0.381. The molecule has 0 aliphatic rings. The summed E-state index contributed by atoms with van der Waals surface area (Å²) >= 11 is 0. The molecule has 0 aliphatic carbocycles. The van der Waals surface area contributed by atoms with Gasteiger partial charge in [0.05, 0.1) is 13.2 Å². The summed E-state index contributed by atoms with van der Waals surface area (Å²) in [4.78, 5) is 12.1. The minimum atomic E-state index is -0.150. The minimum Gasteiger partial charge on any atom is -0.497 e. The van der Waals surface area contributed by atoms with E-state index in [0.29, 0.717) is 5.75 Å². The Hall–Kier alpha value is -2.49. The largest absolute Gasteiger partial charge is 0.497 e. The molecule has 0 saturated carbocycles. The predicted molar refractivity (Wildman–Crippen MR) is 100 cm³/mol. The molecule has 0 aliphatic heterocycles. The van der Waals surface area contributed by atoms with Crippen molar-refractivity contribution in [3.63, 3.8) is 0 Å². The molecule has 0 unspecified atom stereocenters. The van der Waals surface area contributed by atoms with Crippen molar-refractivity contribution in [2.24, 2.45) is 0 Å². The van der Waals surface area contributed by atoms with E-state index in [1.54, 1.807) is 31.4 Å². The summed E-state index contributed by atoms with van der Waals surface area (Å²) in [6.07, 6.45) is 0. The van der Waals surface area contributed by atoms with Gasteiger partial charge in [0, 0.05) is 0 Å². The summed E-state index contributed by atoms with van der Waals surface area (Å²) in [5.74, 6) is 1.24. The van der Waals surface area contributed by atoms with Crippen LogP contribution in [0.5, 0.6) is 11.5 Å². The van der Waals surface area contributed by atoms with Crippen molar-refractivity contribution in [1.29, 1.82) is 0 Å². The summed E-state index contributed by atoms with van der Waals surface area (Å²) in [6, 6.07) is 15.4. The highest BCUT2D eigenvalue weighted by molar-refractivity contribution is 5.78. The zero-order valence-electron chi connectivity index (χ0n) is 15.6. The van der Waals surface area contributed by atoms with E-state index >= 15 is 0 Å². The molecule has 2 aromatic rings. The lowest BCUT2D eigenvalue weighted by Gasteiger charge is -2.20. The van der Waals surface area contributed by atoms with Gasteiger partial charge in [-0.2, -0.15) is 0 Å². The first-order valence-corrected chi connectivity index (χ1v) is 8.46. The average Bonchev–Trinajstić information content (AvgIpc) is 2.59. The molecule has 4 heteroatoms. The Kier molecular flexibility index (Phi) is 6.07. The van der Waals surface area contributed by atoms with Gasteiger partial charge in [-0.1, -0.05) is 45.0 Å². The van der Waals surface area contributed by atoms with Gasteiger partial charge in [-0.15, -0.1) is 0 Å². The van der Waals surface area contributed by atoms with Crippen molar-refractivity contribution in [1.82, 2.24) is 5.32 Å². The number of rotatable bonds is 6. The molecule has 0 fully saturated rings. The van der Waals surface area contributed by atoms with E-state index in [0.717, 1.165) is 11.3 Å². The van der Waals surface area contributed by atoms with Gasteiger partial charge in [0.1, 0.15) is 11.5 Å². The van der Waals surface area contributed by atoms with Crippen molar-refractivity contribution >= 4 is 5.91 Å². The van der Waals surface area contributed by atoms with E-state index in [-0.39, 0.29) is 24.0 Å². The molecule has 4 nitrogen and oxygen atoms in total. The Bertz CT molecular complexity index is 685. The van der Waals surface area contributed by atoms with E-state index in [1.807, 2.05) is 6.92 Å². The third-order valence-electron chi connectivity index (χ3n) is 4.08. The fourth-order valence-electron chi connectivity index (χ4n) is 2.46. The number of benzene rings is 2. The first-order valence-electron chi connectivity index (χ1n) is 8.46. The smallest absolute Gasteiger partial charge is 0.258 e. The van der Waals surface area contributed by atoms with Gasteiger partial charge in [-0.25, -0.2) is 0 Å². The minimum absolute atomic E-state index is 0.0171. The van der Waals surface area contributed by atoms with Gasteiger partial charge >= 0.3 is 0 Å². The normalized spacial score (nSPS) is 12.4. The van der Waals surface area contributed by atoms with Crippen LogP contribution in [-0.2, 0) is 10.2 Å². The predicted octanol–water partition coefficient (Wildman–Crippen LogP) is 4.25. The summed E-state index contributed by atoms with van der Waals surface area (Å²) in [6.45, 7) is 8.51. The molecule has 2 aromatic carbocycles. The number of hydrogen-bond acceptors (Lipinski definition) is 3. The highest BCUT2D eigenvalue weighted by atomic mass is 16.5. The molecule has 0 aromatic heterocycles. The number of carbonyl (C=O) groups excluding carboxylic acids is 1. The van der Waals surface area contributed by atoms with Crippen LogP contribution in [0, 0.1) is 0 Å². The second-order valence-electron chi connectivity index (χ2n) is 7.13. The van der Waals surface area contributed by atoms with Crippen LogP contribution >= 0.6 is 0 Å². The lowest BCUT2D eigenvalue weighted by atomic mass is 9.86. The fourth-order valence-corrected chi connectivity index (χ4v) is 2.46. The molecular weight excluding hydrogens is 314 g/mol. The molecule has 25 heavy (non-hydrogen) atoms. The van der Waals surface area contributed by atoms with Crippen molar-refractivity contribution in [3.8, 4) is 11.5 Å². The molecule has 0 radical (unpaired) electrons. The Morgan fingerprint density at radius 2 is 1.56 bits per heavy atom. The summed E-state index contributed by atoms with van der Waals surface area (Å²) in [7, 11) is 1.61. The van der Waals surface area contributed by atoms with Crippen molar-refractivity contribution in [2.45, 2.75) is 39.2 Å². The SMILES string of the molecule is COc1ccc(OCC(=O)N[C@@H](C)c2ccc(C(C)(C)C)cc2)cc1. The standard InChI is InChI=1S/C21H27NO3/c1-15(16-6-8-17(9-7-16)21(2,3)4)22-20(23)14-25-19-12-10-18(24-5)11-13-19/h6-13,15H,14H2,1-5H3,(H,22,23)/t15-/m0/s1. The first kappa shape index (κ1) is 18.8. The number of hydrogen-bond donors (Lipinski definition) is 1. The van der Waals surface area contributed by atoms with E-state index < -0.39 is 0 Å². The van der Waals surface area contributed by atoms with E-state index in [1.165, 1.54) is 5.56 Å². The highest BCUT2D eigenvalue weighted by Gasteiger charge is 2.15. The molecule has 1 N–H and O–H groups in total. The lowest BCUT2D eigenvalue weighted by molar-refractivity contribution is -0.123. The average molecular weight is 341 g/mol. The quantitative estimate of drug-likeness (QED) is 0.854. The zero-order valence-corrected chi connectivity index (χ0v) is 15.6. The van der Waals surface area contributed by atoms with Gasteiger partial charge in [0.15, 0.2) is 6.61 Å². The maximum absolute atomic E-state index is 12.1. The van der Waals surface area contributed by atoms with E-state index in [4.69, 9.17) is 9.47 Å². The topological polar surface area (TPSA) is 47.6 Å². The van der Waals surface area contributed by atoms with Crippen LogP contribution in [0.2, 0.25) is 0 Å². The summed E-state index contributed by atoms with van der Waals surface area (Å²) in [5.41, 5.74) is 2.47. The molecule has 1 atom stereocenters. The van der Waals surface area contributed by atoms with E-state index in [2.05, 4.69) is 50.4 Å². The highest BCUT2D eigenvalue weighted by Crippen LogP contribution is 2.24. The molecule has 0 saturated heterocycles. The second-order valence-corrected chi connectivity index (χ2v) is 7.13. The Balaban J connectivity index is 1.86. The van der Waals surface area contributed by atoms with Crippen molar-refractivity contribution in [2.75, 3.05) is 13.7 Å². The number of methoxy groups -OCH3 is 1. The molecule has 0 bridgehead atoms. The number of carbonyl (C=O) groups is 1. The van der Waals surface area contributed by atoms with Crippen LogP contribution in [0.1, 0.15) is 44.9 Å². The number of nitrogens with one attached hydrogen (secondary N) is 1. The molecular formula is C21H27NO3. The Labute approximate surface area is 150 Å². The monoisotopic (exact) mass is 341 g/mol. The van der Waals surface area contributed by atoms with E-state index in [9.17, 15) is 4.79 Å². The number of amides is 1. The molecule has 134 valence electrons. The zero-order chi connectivity index (χ0) is 18.4. The first-order chi connectivity index (χ1) is 11.8. The van der Waals surface area contributed by atoms with Gasteiger partial charge in [0.25, 0.3) is 5.91 Å². The summed E-state index contributed by atoms with van der Waals surface area (Å²) < 4.78 is 10.6. The Morgan fingerprint density at radius 3 is 2.08 bits per heavy atom. The third-order valence-corrected chi connectivity index (χ3v) is 4.08. The lowest BCUT2D eigenvalue weighted by Crippen LogP contribution is -2.31. The second kappa shape index (κ2) is 8.06. The Morgan fingerprint density at radius 1 is 1.00 bits per heavy atom. The van der Waals surface area contributed by atoms with Gasteiger partial charge in [0.2, 0.25) is 0 Å². The molecule has 2 rings (SSSR count). The van der Waals surface area contributed by atoms with Crippen LogP contribution in [0.3, 0.4) is 0 Å². The molecule has 0 heterocycles. The van der Waals surface area contributed by atoms with Crippen LogP contribution in [-0.4, -0.2) is 19.6 Å². The summed E-state index contributed by atoms with van der Waals surface area (Å²) in [5, 5.41) is 2.96. The third kappa shape index (κ3) is 5.52. The van der Waals surface area contributed by atoms with Crippen molar-refractivity contribution in [3.05, 3.63) is 59.7 Å². The van der Waals surface area contributed by atoms with Gasteiger partial charge in [-0.3, -0.25) is 4.79 Å². The molecule has 1 amide bonds. The number of ether oxygens (including phenoxy) is 2. The molecule has 0 spiro atoms. The van der Waals surface area contributed by atoms with Crippen LogP contribution in [0.15, 0.2) is 48.5 Å². The maximum atomic E-state index is 12.1. The van der Waals surface area contributed by atoms with Gasteiger partial charge in [-0.05, 0) is 47.7 Å². The van der Waals surface area contributed by atoms with Crippen LogP contribution < -0.4 is 14.8 Å². The van der Waals surface area contributed by atoms with Crippen molar-refractivity contribution < 1.29 is 14.3 Å².